The minimum absolute atomic E-state index is 0. The molecule has 1 fully saturated rings. The minimum Gasteiger partial charge on any atom is -0.370 e. The molecule has 0 unspecified atom stereocenters. The molecule has 138 valence electrons. The lowest BCUT2D eigenvalue weighted by atomic mass is 10.1. The maximum atomic E-state index is 14.1. The number of hydrogen-bond acceptors (Lipinski definition) is 3. The van der Waals surface area contributed by atoms with E-state index in [9.17, 15) is 9.18 Å². The van der Waals surface area contributed by atoms with Crippen LogP contribution in [0.25, 0.3) is 0 Å². The third kappa shape index (κ3) is 6.83. The van der Waals surface area contributed by atoms with E-state index in [-0.39, 0.29) is 36.5 Å². The fraction of sp³-hybridized carbons (Fsp3) is 0.588. The van der Waals surface area contributed by atoms with Gasteiger partial charge in [0.15, 0.2) is 0 Å². The average Bonchev–Trinajstić information content (AvgIpc) is 3.03. The molecule has 0 aliphatic carbocycles. The van der Waals surface area contributed by atoms with E-state index in [1.54, 1.807) is 6.07 Å². The minimum atomic E-state index is -0.360. The number of carbonyl (C=O) groups is 1. The van der Waals surface area contributed by atoms with E-state index in [0.29, 0.717) is 18.7 Å². The Labute approximate surface area is 156 Å². The van der Waals surface area contributed by atoms with E-state index < -0.39 is 0 Å². The predicted octanol–water partition coefficient (Wildman–Crippen LogP) is 4.12. The summed E-state index contributed by atoms with van der Waals surface area (Å²) in [6, 6.07) is 4.98. The van der Waals surface area contributed by atoms with Gasteiger partial charge in [-0.1, -0.05) is 18.9 Å². The Hall–Kier alpha value is -1.04. The van der Waals surface area contributed by atoms with Gasteiger partial charge in [0, 0.05) is 19.5 Å². The lowest BCUT2D eigenvalue weighted by molar-refractivity contribution is -0.116. The van der Waals surface area contributed by atoms with Gasteiger partial charge >= 0.3 is 0 Å². The number of halogens is 3. The van der Waals surface area contributed by atoms with Crippen LogP contribution >= 0.6 is 24.8 Å². The number of nitrogens with one attached hydrogen (secondary N) is 1. The lowest BCUT2D eigenvalue weighted by Gasteiger charge is -2.22. The van der Waals surface area contributed by atoms with Crippen molar-refractivity contribution in [3.63, 3.8) is 0 Å². The maximum absolute atomic E-state index is 14.1. The van der Waals surface area contributed by atoms with E-state index in [0.717, 1.165) is 57.3 Å². The summed E-state index contributed by atoms with van der Waals surface area (Å²) in [5, 5.41) is 2.77. The van der Waals surface area contributed by atoms with Crippen molar-refractivity contribution in [1.82, 2.24) is 0 Å². The molecule has 24 heavy (non-hydrogen) atoms. The summed E-state index contributed by atoms with van der Waals surface area (Å²) in [5.74, 6) is -0.473. The summed E-state index contributed by atoms with van der Waals surface area (Å²) in [4.78, 5) is 14.2. The van der Waals surface area contributed by atoms with Gasteiger partial charge in [0.25, 0.3) is 0 Å². The number of amides is 1. The van der Waals surface area contributed by atoms with Crippen LogP contribution in [-0.2, 0) is 4.79 Å². The van der Waals surface area contributed by atoms with Crippen LogP contribution < -0.4 is 16.0 Å². The van der Waals surface area contributed by atoms with Crippen molar-refractivity contribution in [2.75, 3.05) is 29.9 Å². The molecule has 7 heteroatoms. The number of anilines is 2. The highest BCUT2D eigenvalue weighted by molar-refractivity contribution is 5.94. The molecule has 3 N–H and O–H groups in total. The van der Waals surface area contributed by atoms with E-state index in [1.165, 1.54) is 6.07 Å². The van der Waals surface area contributed by atoms with Crippen LogP contribution in [0.2, 0.25) is 0 Å². The second-order valence-corrected chi connectivity index (χ2v) is 5.83. The zero-order valence-electron chi connectivity index (χ0n) is 13.9. The highest BCUT2D eigenvalue weighted by atomic mass is 35.5. The fourth-order valence-corrected chi connectivity index (χ4v) is 2.84. The van der Waals surface area contributed by atoms with Crippen LogP contribution in [0.3, 0.4) is 0 Å². The Morgan fingerprint density at radius 2 is 1.79 bits per heavy atom. The molecular weight excluding hydrogens is 352 g/mol. The van der Waals surface area contributed by atoms with E-state index >= 15 is 0 Å². The van der Waals surface area contributed by atoms with Crippen molar-refractivity contribution in [3.8, 4) is 0 Å². The molecule has 1 heterocycles. The Morgan fingerprint density at radius 3 is 2.46 bits per heavy atom. The van der Waals surface area contributed by atoms with Gasteiger partial charge in [-0.25, -0.2) is 4.39 Å². The van der Waals surface area contributed by atoms with Gasteiger partial charge in [-0.15, -0.1) is 24.8 Å². The number of benzene rings is 1. The molecule has 4 nitrogen and oxygen atoms in total. The van der Waals surface area contributed by atoms with Crippen molar-refractivity contribution < 1.29 is 9.18 Å². The number of rotatable bonds is 8. The molecular formula is C17H28Cl2FN3O. The molecule has 0 atom stereocenters. The monoisotopic (exact) mass is 379 g/mol. The quantitative estimate of drug-likeness (QED) is 0.667. The first-order chi connectivity index (χ1) is 10.7. The number of hydrogen-bond donors (Lipinski definition) is 2. The molecule has 1 aromatic carbocycles. The van der Waals surface area contributed by atoms with Crippen molar-refractivity contribution in [1.29, 1.82) is 0 Å². The van der Waals surface area contributed by atoms with Crippen molar-refractivity contribution in [2.45, 2.75) is 44.9 Å². The van der Waals surface area contributed by atoms with E-state index in [1.807, 2.05) is 6.07 Å². The maximum Gasteiger partial charge on any atom is 0.224 e. The Balaban J connectivity index is 0.00000264. The summed E-state index contributed by atoms with van der Waals surface area (Å²) in [5.41, 5.74) is 6.57. The number of para-hydroxylation sites is 1. The van der Waals surface area contributed by atoms with Crippen LogP contribution in [0.5, 0.6) is 0 Å². The second-order valence-electron chi connectivity index (χ2n) is 5.83. The molecule has 0 spiro atoms. The molecule has 0 radical (unpaired) electrons. The number of unbranched alkanes of at least 4 members (excludes halogenated alkanes) is 3. The summed E-state index contributed by atoms with van der Waals surface area (Å²) in [6.45, 7) is 2.54. The summed E-state index contributed by atoms with van der Waals surface area (Å²) in [7, 11) is 0. The first-order valence-electron chi connectivity index (χ1n) is 8.25. The zero-order valence-corrected chi connectivity index (χ0v) is 15.6. The average molecular weight is 380 g/mol. The van der Waals surface area contributed by atoms with Crippen LogP contribution in [0, 0.1) is 5.82 Å². The lowest BCUT2D eigenvalue weighted by Crippen LogP contribution is -2.21. The molecule has 0 saturated carbocycles. The molecule has 1 amide bonds. The van der Waals surface area contributed by atoms with Gasteiger partial charge < -0.3 is 16.0 Å². The van der Waals surface area contributed by atoms with Crippen LogP contribution in [0.15, 0.2) is 18.2 Å². The van der Waals surface area contributed by atoms with Crippen molar-refractivity contribution in [2.24, 2.45) is 5.73 Å². The smallest absolute Gasteiger partial charge is 0.224 e. The fourth-order valence-electron chi connectivity index (χ4n) is 2.84. The molecule has 1 aliphatic rings. The van der Waals surface area contributed by atoms with E-state index in [2.05, 4.69) is 10.2 Å². The number of nitrogens with zero attached hydrogens (tertiary/aromatic N) is 1. The van der Waals surface area contributed by atoms with Gasteiger partial charge in [0.05, 0.1) is 5.69 Å². The third-order valence-corrected chi connectivity index (χ3v) is 4.06. The second kappa shape index (κ2) is 12.3. The Kier molecular flexibility index (Phi) is 11.8. The van der Waals surface area contributed by atoms with Gasteiger partial charge in [0.1, 0.15) is 11.5 Å². The molecule has 1 aromatic rings. The first kappa shape index (κ1) is 23.0. The summed E-state index contributed by atoms with van der Waals surface area (Å²) in [6.07, 6.45) is 6.51. The first-order valence-corrected chi connectivity index (χ1v) is 8.25. The van der Waals surface area contributed by atoms with Gasteiger partial charge in [-0.3, -0.25) is 4.79 Å². The predicted molar refractivity (Wildman–Crippen MR) is 103 cm³/mol. The molecule has 1 aliphatic heterocycles. The van der Waals surface area contributed by atoms with Crippen LogP contribution in [-0.4, -0.2) is 25.5 Å². The molecule has 1 saturated heterocycles. The van der Waals surface area contributed by atoms with E-state index in [4.69, 9.17) is 5.73 Å². The van der Waals surface area contributed by atoms with Crippen LogP contribution in [0.4, 0.5) is 15.8 Å². The van der Waals surface area contributed by atoms with Crippen LogP contribution in [0.1, 0.15) is 44.9 Å². The topological polar surface area (TPSA) is 58.4 Å². The standard InChI is InChI=1S/C17H26FN3O.2ClH/c18-14-8-7-9-15(21-12-5-6-13-21)17(14)20-16(22)10-3-1-2-4-11-19;;/h7-9H,1-6,10-13,19H2,(H,20,22);2*1H. The SMILES string of the molecule is Cl.Cl.NCCCCCCC(=O)Nc1c(F)cccc1N1CCCC1. The number of nitrogens with two attached hydrogens (primary N) is 1. The van der Waals surface area contributed by atoms with Gasteiger partial charge in [-0.2, -0.15) is 0 Å². The van der Waals surface area contributed by atoms with Gasteiger partial charge in [0.2, 0.25) is 5.91 Å². The highest BCUT2D eigenvalue weighted by Crippen LogP contribution is 2.31. The zero-order chi connectivity index (χ0) is 15.8. The Morgan fingerprint density at radius 1 is 1.12 bits per heavy atom. The van der Waals surface area contributed by atoms with Crippen molar-refractivity contribution >= 4 is 42.1 Å². The summed E-state index contributed by atoms with van der Waals surface area (Å²) >= 11 is 0. The van der Waals surface area contributed by atoms with Crippen molar-refractivity contribution in [3.05, 3.63) is 24.0 Å². The molecule has 2 rings (SSSR count). The molecule has 0 bridgehead atoms. The third-order valence-electron chi connectivity index (χ3n) is 4.06. The summed E-state index contributed by atoms with van der Waals surface area (Å²) < 4.78 is 14.1. The normalized spacial score (nSPS) is 13.2. The Bertz CT molecular complexity index is 497. The number of carbonyl (C=O) groups excluding carboxylic acids is 1. The molecule has 0 aromatic heterocycles. The largest absolute Gasteiger partial charge is 0.370 e. The highest BCUT2D eigenvalue weighted by Gasteiger charge is 2.19. The van der Waals surface area contributed by atoms with Gasteiger partial charge in [-0.05, 0) is 44.4 Å².